The molecule has 4 heteroatoms. The molecule has 4 nitrogen and oxygen atoms in total. The van der Waals surface area contributed by atoms with E-state index < -0.39 is 0 Å². The summed E-state index contributed by atoms with van der Waals surface area (Å²) in [5, 5.41) is 20.8. The number of aromatic nitrogens is 2. The number of rotatable bonds is 4. The van der Waals surface area contributed by atoms with Crippen LogP contribution >= 0.6 is 0 Å². The zero-order chi connectivity index (χ0) is 15.5. The molecule has 2 aromatic rings. The predicted octanol–water partition coefficient (Wildman–Crippen LogP) is 3.18. The Hall–Kier alpha value is -2.41. The molecule has 112 valence electrons. The van der Waals surface area contributed by atoms with Gasteiger partial charge in [0.15, 0.2) is 5.82 Å². The van der Waals surface area contributed by atoms with Crippen LogP contribution < -0.4 is 5.32 Å². The first-order chi connectivity index (χ1) is 10.7. The highest BCUT2D eigenvalue weighted by atomic mass is 15.2. The van der Waals surface area contributed by atoms with Crippen molar-refractivity contribution in [3.63, 3.8) is 0 Å². The van der Waals surface area contributed by atoms with Gasteiger partial charge in [-0.25, -0.2) is 0 Å². The van der Waals surface area contributed by atoms with Gasteiger partial charge in [-0.05, 0) is 55.7 Å². The Morgan fingerprint density at radius 1 is 1.18 bits per heavy atom. The fourth-order valence-corrected chi connectivity index (χ4v) is 3.12. The van der Waals surface area contributed by atoms with E-state index in [2.05, 4.69) is 45.8 Å². The minimum absolute atomic E-state index is 0.612. The molecule has 1 heterocycles. The number of nitrogens with one attached hydrogen (secondary N) is 1. The predicted molar refractivity (Wildman–Crippen MR) is 86.7 cm³/mol. The summed E-state index contributed by atoms with van der Waals surface area (Å²) < 4.78 is 0. The van der Waals surface area contributed by atoms with Gasteiger partial charge in [0, 0.05) is 6.54 Å². The Labute approximate surface area is 131 Å². The van der Waals surface area contributed by atoms with Crippen molar-refractivity contribution in [1.29, 1.82) is 5.26 Å². The highest BCUT2D eigenvalue weighted by Gasteiger charge is 2.20. The summed E-state index contributed by atoms with van der Waals surface area (Å²) in [5.74, 6) is 1.29. The molecule has 0 saturated heterocycles. The molecule has 22 heavy (non-hydrogen) atoms. The number of hydrogen-bond donors (Lipinski definition) is 1. The lowest BCUT2D eigenvalue weighted by Gasteiger charge is -2.12. The van der Waals surface area contributed by atoms with Gasteiger partial charge in [0.2, 0.25) is 0 Å². The summed E-state index contributed by atoms with van der Waals surface area (Å²) in [6.45, 7) is 4.62. The van der Waals surface area contributed by atoms with Crippen LogP contribution in [0.25, 0.3) is 0 Å². The van der Waals surface area contributed by atoms with E-state index in [1.165, 1.54) is 11.1 Å². The zero-order valence-corrected chi connectivity index (χ0v) is 13.1. The molecule has 0 amide bonds. The van der Waals surface area contributed by atoms with E-state index in [0.717, 1.165) is 37.1 Å². The van der Waals surface area contributed by atoms with Crippen LogP contribution in [0.2, 0.25) is 0 Å². The largest absolute Gasteiger partial charge is 0.367 e. The average Bonchev–Trinajstić information content (AvgIpc) is 2.93. The minimum Gasteiger partial charge on any atom is -0.367 e. The van der Waals surface area contributed by atoms with Crippen molar-refractivity contribution in [1.82, 2.24) is 10.2 Å². The molecule has 1 N–H and O–H groups in total. The number of nitrogens with zero attached hydrogens (tertiary/aromatic N) is 3. The lowest BCUT2D eigenvalue weighted by molar-refractivity contribution is 0.529. The first kappa shape index (κ1) is 14.5. The number of benzene rings is 1. The second-order valence-corrected chi connectivity index (χ2v) is 6.00. The van der Waals surface area contributed by atoms with Crippen LogP contribution in [-0.4, -0.2) is 16.7 Å². The quantitative estimate of drug-likeness (QED) is 0.940. The highest BCUT2D eigenvalue weighted by molar-refractivity contribution is 5.55. The SMILES string of the molecule is Cc1nnc(NCCC2Cc3ccccc3C2)c(C#N)c1C. The Morgan fingerprint density at radius 2 is 1.86 bits per heavy atom. The van der Waals surface area contributed by atoms with Crippen LogP contribution in [0, 0.1) is 31.1 Å². The van der Waals surface area contributed by atoms with Crippen LogP contribution in [0.1, 0.15) is 34.4 Å². The maximum Gasteiger partial charge on any atom is 0.166 e. The lowest BCUT2D eigenvalue weighted by atomic mass is 10.0. The third-order valence-corrected chi connectivity index (χ3v) is 4.55. The molecule has 1 aromatic carbocycles. The zero-order valence-electron chi connectivity index (χ0n) is 13.1. The van der Waals surface area contributed by atoms with Gasteiger partial charge < -0.3 is 5.32 Å². The smallest absolute Gasteiger partial charge is 0.166 e. The maximum atomic E-state index is 9.30. The Morgan fingerprint density at radius 3 is 2.50 bits per heavy atom. The second kappa shape index (κ2) is 6.15. The van der Waals surface area contributed by atoms with E-state index in [1.54, 1.807) is 0 Å². The third kappa shape index (κ3) is 2.80. The lowest BCUT2D eigenvalue weighted by Crippen LogP contribution is -2.12. The van der Waals surface area contributed by atoms with Gasteiger partial charge in [-0.3, -0.25) is 0 Å². The summed E-state index contributed by atoms with van der Waals surface area (Å²) in [5.41, 5.74) is 5.30. The fraction of sp³-hybridized carbons (Fsp3) is 0.389. The standard InChI is InChI=1S/C18H20N4/c1-12-13(2)21-22-18(17(12)11-19)20-8-7-14-9-15-5-3-4-6-16(15)10-14/h3-6,14H,7-10H2,1-2H3,(H,20,22). The van der Waals surface area contributed by atoms with E-state index in [0.29, 0.717) is 17.3 Å². The van der Waals surface area contributed by atoms with Crippen LogP contribution in [-0.2, 0) is 12.8 Å². The van der Waals surface area contributed by atoms with Crippen molar-refractivity contribution >= 4 is 5.82 Å². The molecule has 0 spiro atoms. The molecule has 1 aromatic heterocycles. The van der Waals surface area contributed by atoms with Crippen molar-refractivity contribution in [3.8, 4) is 6.07 Å². The maximum absolute atomic E-state index is 9.30. The van der Waals surface area contributed by atoms with Crippen molar-refractivity contribution in [2.75, 3.05) is 11.9 Å². The summed E-state index contributed by atoms with van der Waals surface area (Å²) in [7, 11) is 0. The van der Waals surface area contributed by atoms with E-state index in [1.807, 2.05) is 13.8 Å². The number of anilines is 1. The fourth-order valence-electron chi connectivity index (χ4n) is 3.12. The molecule has 0 bridgehead atoms. The first-order valence-electron chi connectivity index (χ1n) is 7.73. The van der Waals surface area contributed by atoms with Crippen molar-refractivity contribution < 1.29 is 0 Å². The molecule has 0 atom stereocenters. The monoisotopic (exact) mass is 292 g/mol. The minimum atomic E-state index is 0.612. The van der Waals surface area contributed by atoms with Crippen molar-refractivity contribution in [3.05, 3.63) is 52.2 Å². The Bertz CT molecular complexity index is 705. The highest BCUT2D eigenvalue weighted by Crippen LogP contribution is 2.28. The summed E-state index contributed by atoms with van der Waals surface area (Å²) >= 11 is 0. The topological polar surface area (TPSA) is 61.6 Å². The first-order valence-corrected chi connectivity index (χ1v) is 7.73. The molecule has 0 fully saturated rings. The van der Waals surface area contributed by atoms with Crippen molar-refractivity contribution in [2.24, 2.45) is 5.92 Å². The van der Waals surface area contributed by atoms with Crippen LogP contribution in [0.4, 0.5) is 5.82 Å². The van der Waals surface area contributed by atoms with Gasteiger partial charge in [-0.15, -0.1) is 5.10 Å². The molecule has 0 saturated carbocycles. The van der Waals surface area contributed by atoms with Crippen molar-refractivity contribution in [2.45, 2.75) is 33.1 Å². The normalized spacial score (nSPS) is 13.7. The Kier molecular flexibility index (Phi) is 4.06. The van der Waals surface area contributed by atoms with Crippen LogP contribution in [0.3, 0.4) is 0 Å². The van der Waals surface area contributed by atoms with E-state index in [-0.39, 0.29) is 0 Å². The van der Waals surface area contributed by atoms with Gasteiger partial charge in [0.1, 0.15) is 11.6 Å². The van der Waals surface area contributed by atoms with Gasteiger partial charge in [-0.2, -0.15) is 10.4 Å². The molecule has 0 aliphatic heterocycles. The summed E-state index contributed by atoms with van der Waals surface area (Å²) in [4.78, 5) is 0. The number of nitriles is 1. The molecule has 3 rings (SSSR count). The third-order valence-electron chi connectivity index (χ3n) is 4.55. The van der Waals surface area contributed by atoms with Gasteiger partial charge in [0.05, 0.1) is 5.69 Å². The van der Waals surface area contributed by atoms with Crippen LogP contribution in [0.5, 0.6) is 0 Å². The van der Waals surface area contributed by atoms with Gasteiger partial charge >= 0.3 is 0 Å². The molecule has 0 unspecified atom stereocenters. The van der Waals surface area contributed by atoms with E-state index in [9.17, 15) is 5.26 Å². The number of fused-ring (bicyclic) bond motifs is 1. The number of aryl methyl sites for hydroxylation is 1. The summed E-state index contributed by atoms with van der Waals surface area (Å²) in [6.07, 6.45) is 3.39. The van der Waals surface area contributed by atoms with Crippen LogP contribution in [0.15, 0.2) is 24.3 Å². The van der Waals surface area contributed by atoms with E-state index >= 15 is 0 Å². The van der Waals surface area contributed by atoms with Gasteiger partial charge in [-0.1, -0.05) is 24.3 Å². The molecule has 1 aliphatic carbocycles. The molecule has 0 radical (unpaired) electrons. The van der Waals surface area contributed by atoms with Gasteiger partial charge in [0.25, 0.3) is 0 Å². The number of hydrogen-bond acceptors (Lipinski definition) is 4. The molecular weight excluding hydrogens is 272 g/mol. The van der Waals surface area contributed by atoms with E-state index in [4.69, 9.17) is 0 Å². The molecule has 1 aliphatic rings. The average molecular weight is 292 g/mol. The molecular formula is C18H20N4. The Balaban J connectivity index is 1.59. The second-order valence-electron chi connectivity index (χ2n) is 6.00. The summed E-state index contributed by atoms with van der Waals surface area (Å²) in [6, 6.07) is 10.9.